The van der Waals surface area contributed by atoms with Crippen molar-refractivity contribution >= 4 is 11.9 Å². The molecule has 0 spiro atoms. The van der Waals surface area contributed by atoms with Crippen LogP contribution in [0.1, 0.15) is 56.1 Å². The molecule has 1 aromatic heterocycles. The van der Waals surface area contributed by atoms with Gasteiger partial charge in [0, 0.05) is 25.7 Å². The fourth-order valence-electron chi connectivity index (χ4n) is 2.13. The zero-order chi connectivity index (χ0) is 18.1. The van der Waals surface area contributed by atoms with Crippen LogP contribution in [0.2, 0.25) is 0 Å². The standard InChI is InChI=1S/C17H25F2N3O2/c1-5-8-22(9-6-2)17-20-11-14(13(4)21-17)16(23)24-10-7-12(3)15(18)19/h11H,5-10H2,1-4H3. The highest BCUT2D eigenvalue weighted by molar-refractivity contribution is 5.90. The Hall–Kier alpha value is -2.05. The number of hydrogen-bond donors (Lipinski definition) is 0. The van der Waals surface area contributed by atoms with Gasteiger partial charge in [0.1, 0.15) is 0 Å². The molecule has 1 heterocycles. The lowest BCUT2D eigenvalue weighted by Crippen LogP contribution is -2.27. The van der Waals surface area contributed by atoms with E-state index in [1.165, 1.54) is 13.1 Å². The molecule has 134 valence electrons. The predicted octanol–water partition coefficient (Wildman–Crippen LogP) is 4.13. The van der Waals surface area contributed by atoms with E-state index >= 15 is 0 Å². The number of aromatic nitrogens is 2. The number of halogens is 2. The molecule has 0 bridgehead atoms. The number of carbonyl (C=O) groups excluding carboxylic acids is 1. The Morgan fingerprint density at radius 3 is 2.38 bits per heavy atom. The first-order valence-corrected chi connectivity index (χ1v) is 8.17. The minimum atomic E-state index is -1.73. The summed E-state index contributed by atoms with van der Waals surface area (Å²) >= 11 is 0. The van der Waals surface area contributed by atoms with Crippen LogP contribution in [0.25, 0.3) is 0 Å². The van der Waals surface area contributed by atoms with Crippen LogP contribution >= 0.6 is 0 Å². The number of carbonyl (C=O) groups is 1. The smallest absolute Gasteiger partial charge is 0.341 e. The van der Waals surface area contributed by atoms with Crippen LogP contribution in [-0.2, 0) is 4.74 Å². The lowest BCUT2D eigenvalue weighted by molar-refractivity contribution is 0.0506. The quantitative estimate of drug-likeness (QED) is 0.632. The van der Waals surface area contributed by atoms with Crippen molar-refractivity contribution in [3.63, 3.8) is 0 Å². The number of ether oxygens (including phenoxy) is 1. The Kier molecular flexibility index (Phi) is 8.29. The summed E-state index contributed by atoms with van der Waals surface area (Å²) in [6.45, 7) is 8.78. The molecular weight excluding hydrogens is 316 g/mol. The van der Waals surface area contributed by atoms with Gasteiger partial charge in [-0.15, -0.1) is 0 Å². The molecule has 0 aliphatic heterocycles. The third kappa shape index (κ3) is 5.86. The molecule has 0 atom stereocenters. The number of aryl methyl sites for hydroxylation is 1. The molecule has 0 saturated carbocycles. The van der Waals surface area contributed by atoms with Gasteiger partial charge >= 0.3 is 5.97 Å². The van der Waals surface area contributed by atoms with Gasteiger partial charge in [0.05, 0.1) is 17.9 Å². The van der Waals surface area contributed by atoms with Gasteiger partial charge in [-0.1, -0.05) is 13.8 Å². The molecule has 1 rings (SSSR count). The molecule has 7 heteroatoms. The SMILES string of the molecule is CCCN(CCC)c1ncc(C(=O)OCCC(C)=C(F)F)c(C)n1. The predicted molar refractivity (Wildman–Crippen MR) is 89.4 cm³/mol. The summed E-state index contributed by atoms with van der Waals surface area (Å²) in [4.78, 5) is 22.7. The second kappa shape index (κ2) is 9.95. The molecular formula is C17H25F2N3O2. The maximum atomic E-state index is 12.3. The topological polar surface area (TPSA) is 55.3 Å². The molecule has 0 aliphatic rings. The van der Waals surface area contributed by atoms with E-state index in [9.17, 15) is 13.6 Å². The molecule has 0 fully saturated rings. The fourth-order valence-corrected chi connectivity index (χ4v) is 2.13. The molecule has 0 radical (unpaired) electrons. The normalized spacial score (nSPS) is 10.4. The summed E-state index contributed by atoms with van der Waals surface area (Å²) in [5, 5.41) is 0. The molecule has 0 N–H and O–H groups in total. The maximum absolute atomic E-state index is 12.3. The summed E-state index contributed by atoms with van der Waals surface area (Å²) in [5.74, 6) is -0.00493. The van der Waals surface area contributed by atoms with E-state index in [2.05, 4.69) is 28.7 Å². The second-order valence-corrected chi connectivity index (χ2v) is 5.58. The fraction of sp³-hybridized carbons (Fsp3) is 0.588. The second-order valence-electron chi connectivity index (χ2n) is 5.58. The third-order valence-corrected chi connectivity index (χ3v) is 3.49. The van der Waals surface area contributed by atoms with Crippen molar-refractivity contribution in [3.05, 3.63) is 29.1 Å². The minimum Gasteiger partial charge on any atom is -0.462 e. The van der Waals surface area contributed by atoms with Crippen molar-refractivity contribution in [2.45, 2.75) is 47.0 Å². The van der Waals surface area contributed by atoms with Gasteiger partial charge < -0.3 is 9.64 Å². The van der Waals surface area contributed by atoms with Gasteiger partial charge in [0.25, 0.3) is 6.08 Å². The largest absolute Gasteiger partial charge is 0.462 e. The lowest BCUT2D eigenvalue weighted by atomic mass is 10.2. The Labute approximate surface area is 141 Å². The van der Waals surface area contributed by atoms with E-state index in [-0.39, 0.29) is 24.2 Å². The molecule has 0 saturated heterocycles. The van der Waals surface area contributed by atoms with E-state index in [0.717, 1.165) is 25.9 Å². The van der Waals surface area contributed by atoms with Crippen molar-refractivity contribution in [3.8, 4) is 0 Å². The zero-order valence-corrected chi connectivity index (χ0v) is 14.7. The van der Waals surface area contributed by atoms with Gasteiger partial charge in [0.15, 0.2) is 0 Å². The van der Waals surface area contributed by atoms with Crippen molar-refractivity contribution in [1.82, 2.24) is 9.97 Å². The maximum Gasteiger partial charge on any atom is 0.341 e. The highest BCUT2D eigenvalue weighted by Crippen LogP contribution is 2.15. The zero-order valence-electron chi connectivity index (χ0n) is 14.7. The van der Waals surface area contributed by atoms with E-state index in [4.69, 9.17) is 4.74 Å². The number of hydrogen-bond acceptors (Lipinski definition) is 5. The molecule has 1 aromatic rings. The van der Waals surface area contributed by atoms with Gasteiger partial charge in [-0.25, -0.2) is 14.8 Å². The highest BCUT2D eigenvalue weighted by atomic mass is 19.3. The summed E-state index contributed by atoms with van der Waals surface area (Å²) in [6, 6.07) is 0. The van der Waals surface area contributed by atoms with Gasteiger partial charge in [-0.3, -0.25) is 0 Å². The average Bonchev–Trinajstić information content (AvgIpc) is 2.54. The van der Waals surface area contributed by atoms with Crippen molar-refractivity contribution in [2.24, 2.45) is 0 Å². The van der Waals surface area contributed by atoms with E-state index in [1.807, 2.05) is 0 Å². The Bertz CT molecular complexity index is 581. The van der Waals surface area contributed by atoms with Crippen LogP contribution in [-0.4, -0.2) is 35.6 Å². The monoisotopic (exact) mass is 341 g/mol. The lowest BCUT2D eigenvalue weighted by Gasteiger charge is -2.21. The molecule has 5 nitrogen and oxygen atoms in total. The third-order valence-electron chi connectivity index (χ3n) is 3.49. The van der Waals surface area contributed by atoms with Crippen LogP contribution in [0.3, 0.4) is 0 Å². The number of nitrogens with zero attached hydrogens (tertiary/aromatic N) is 3. The highest BCUT2D eigenvalue weighted by Gasteiger charge is 2.16. The number of anilines is 1. The molecule has 24 heavy (non-hydrogen) atoms. The number of esters is 1. The summed E-state index contributed by atoms with van der Waals surface area (Å²) < 4.78 is 29.6. The summed E-state index contributed by atoms with van der Waals surface area (Å²) in [7, 11) is 0. The van der Waals surface area contributed by atoms with Crippen molar-refractivity contribution in [2.75, 3.05) is 24.6 Å². The van der Waals surface area contributed by atoms with Crippen LogP contribution in [0.5, 0.6) is 0 Å². The van der Waals surface area contributed by atoms with Crippen molar-refractivity contribution < 1.29 is 18.3 Å². The first kappa shape index (κ1) is 20.0. The van der Waals surface area contributed by atoms with Crippen LogP contribution < -0.4 is 4.90 Å². The van der Waals surface area contributed by atoms with Crippen molar-refractivity contribution in [1.29, 1.82) is 0 Å². The van der Waals surface area contributed by atoms with E-state index in [1.54, 1.807) is 6.92 Å². The molecule has 0 aliphatic carbocycles. The van der Waals surface area contributed by atoms with Crippen LogP contribution in [0.15, 0.2) is 17.9 Å². The first-order valence-electron chi connectivity index (χ1n) is 8.17. The summed E-state index contributed by atoms with van der Waals surface area (Å²) in [6.07, 6.45) is 1.67. The van der Waals surface area contributed by atoms with Crippen LogP contribution in [0.4, 0.5) is 14.7 Å². The van der Waals surface area contributed by atoms with E-state index < -0.39 is 12.0 Å². The Morgan fingerprint density at radius 2 is 1.88 bits per heavy atom. The first-order chi connectivity index (χ1) is 11.4. The molecule has 0 aromatic carbocycles. The Morgan fingerprint density at radius 1 is 1.25 bits per heavy atom. The number of rotatable bonds is 9. The van der Waals surface area contributed by atoms with Crippen LogP contribution in [0, 0.1) is 6.92 Å². The van der Waals surface area contributed by atoms with Gasteiger partial charge in [-0.05, 0) is 32.3 Å². The van der Waals surface area contributed by atoms with Gasteiger partial charge in [0.2, 0.25) is 5.95 Å². The van der Waals surface area contributed by atoms with Gasteiger partial charge in [-0.2, -0.15) is 8.78 Å². The Balaban J connectivity index is 2.76. The molecule has 0 amide bonds. The average molecular weight is 341 g/mol. The molecule has 0 unspecified atom stereocenters. The van der Waals surface area contributed by atoms with E-state index in [0.29, 0.717) is 11.6 Å². The summed E-state index contributed by atoms with van der Waals surface area (Å²) in [5.41, 5.74) is 0.695. The minimum absolute atomic E-state index is 0.00679.